The summed E-state index contributed by atoms with van der Waals surface area (Å²) in [5.41, 5.74) is 1.65. The summed E-state index contributed by atoms with van der Waals surface area (Å²) in [6, 6.07) is 12.7. The summed E-state index contributed by atoms with van der Waals surface area (Å²) in [6.45, 7) is 1.76. The zero-order chi connectivity index (χ0) is 17.5. The molecule has 0 bridgehead atoms. The number of carbonyl (C=O) groups is 2. The maximum absolute atomic E-state index is 12.0. The Labute approximate surface area is 138 Å². The van der Waals surface area contributed by atoms with Crippen molar-refractivity contribution in [3.63, 3.8) is 0 Å². The first kappa shape index (κ1) is 17.1. The van der Waals surface area contributed by atoms with Gasteiger partial charge in [0.15, 0.2) is 0 Å². The molecule has 0 aliphatic heterocycles. The maximum atomic E-state index is 12.0. The molecule has 0 unspecified atom stereocenters. The number of carbonyl (C=O) groups excluding carboxylic acids is 2. The molecule has 7 nitrogen and oxygen atoms in total. The minimum Gasteiger partial charge on any atom is -0.343 e. The number of anilines is 1. The highest BCUT2D eigenvalue weighted by atomic mass is 16.6. The van der Waals surface area contributed by atoms with Crippen molar-refractivity contribution in [3.05, 3.63) is 69.8 Å². The Morgan fingerprint density at radius 3 is 2.58 bits per heavy atom. The predicted molar refractivity (Wildman–Crippen MR) is 89.9 cm³/mol. The van der Waals surface area contributed by atoms with Gasteiger partial charge in [-0.2, -0.15) is 0 Å². The second kappa shape index (κ2) is 7.87. The molecule has 24 heavy (non-hydrogen) atoms. The van der Waals surface area contributed by atoms with Crippen LogP contribution in [0.25, 0.3) is 0 Å². The number of hydrogen-bond acceptors (Lipinski definition) is 4. The Hall–Kier alpha value is -3.22. The van der Waals surface area contributed by atoms with E-state index in [9.17, 15) is 19.7 Å². The molecule has 0 aliphatic rings. The van der Waals surface area contributed by atoms with Crippen LogP contribution in [0.1, 0.15) is 22.8 Å². The van der Waals surface area contributed by atoms with Gasteiger partial charge in [-0.15, -0.1) is 0 Å². The van der Waals surface area contributed by atoms with Gasteiger partial charge in [0.25, 0.3) is 11.6 Å². The lowest BCUT2D eigenvalue weighted by Gasteiger charge is -2.10. The second-order valence-electron chi connectivity index (χ2n) is 5.05. The molecular weight excluding hydrogens is 310 g/mol. The van der Waals surface area contributed by atoms with Gasteiger partial charge in [-0.3, -0.25) is 19.7 Å². The number of rotatable bonds is 6. The fourth-order valence-corrected chi connectivity index (χ4v) is 2.17. The van der Waals surface area contributed by atoms with Crippen LogP contribution in [0, 0.1) is 10.1 Å². The average Bonchev–Trinajstić information content (AvgIpc) is 2.60. The molecule has 2 aromatic rings. The fourth-order valence-electron chi connectivity index (χ4n) is 2.17. The summed E-state index contributed by atoms with van der Waals surface area (Å²) in [5, 5.41) is 15.9. The zero-order valence-corrected chi connectivity index (χ0v) is 13.1. The van der Waals surface area contributed by atoms with E-state index in [-0.39, 0.29) is 23.7 Å². The van der Waals surface area contributed by atoms with Gasteiger partial charge in [0.05, 0.1) is 11.5 Å². The third kappa shape index (κ3) is 4.39. The standard InChI is InChI=1S/C17H17N3O4/c1-2-12-6-3-4-9-15(12)19-16(21)11-18-17(22)13-7-5-8-14(10-13)20(23)24/h3-10H,2,11H2,1H3,(H,18,22)(H,19,21). The molecule has 2 N–H and O–H groups in total. The molecule has 0 fully saturated rings. The van der Waals surface area contributed by atoms with Crippen LogP contribution < -0.4 is 10.6 Å². The maximum Gasteiger partial charge on any atom is 0.270 e. The van der Waals surface area contributed by atoms with Gasteiger partial charge in [-0.05, 0) is 24.1 Å². The molecule has 0 aliphatic carbocycles. The smallest absolute Gasteiger partial charge is 0.270 e. The molecule has 2 aromatic carbocycles. The van der Waals surface area contributed by atoms with E-state index in [1.807, 2.05) is 25.1 Å². The summed E-state index contributed by atoms with van der Waals surface area (Å²) in [4.78, 5) is 34.1. The highest BCUT2D eigenvalue weighted by Crippen LogP contribution is 2.15. The zero-order valence-electron chi connectivity index (χ0n) is 13.1. The summed E-state index contributed by atoms with van der Waals surface area (Å²) in [5.74, 6) is -0.910. The number of para-hydroxylation sites is 1. The Balaban J connectivity index is 1.95. The Bertz CT molecular complexity index is 774. The third-order valence-corrected chi connectivity index (χ3v) is 3.40. The number of aryl methyl sites for hydroxylation is 1. The van der Waals surface area contributed by atoms with Crippen molar-refractivity contribution in [3.8, 4) is 0 Å². The monoisotopic (exact) mass is 327 g/mol. The molecular formula is C17H17N3O4. The predicted octanol–water partition coefficient (Wildman–Crippen LogP) is 2.53. The van der Waals surface area contributed by atoms with Gasteiger partial charge < -0.3 is 10.6 Å². The van der Waals surface area contributed by atoms with E-state index < -0.39 is 10.8 Å². The topological polar surface area (TPSA) is 101 Å². The van der Waals surface area contributed by atoms with E-state index >= 15 is 0 Å². The van der Waals surface area contributed by atoms with Crippen LogP contribution in [0.3, 0.4) is 0 Å². The molecule has 0 atom stereocenters. The van der Waals surface area contributed by atoms with Crippen molar-refractivity contribution in [2.75, 3.05) is 11.9 Å². The van der Waals surface area contributed by atoms with Crippen molar-refractivity contribution < 1.29 is 14.5 Å². The normalized spacial score (nSPS) is 10.0. The number of nitro benzene ring substituents is 1. The quantitative estimate of drug-likeness (QED) is 0.628. The van der Waals surface area contributed by atoms with Crippen molar-refractivity contribution in [2.24, 2.45) is 0 Å². The Morgan fingerprint density at radius 1 is 1.12 bits per heavy atom. The largest absolute Gasteiger partial charge is 0.343 e. The van der Waals surface area contributed by atoms with E-state index in [0.717, 1.165) is 12.0 Å². The molecule has 0 saturated carbocycles. The van der Waals surface area contributed by atoms with Crippen molar-refractivity contribution in [1.82, 2.24) is 5.32 Å². The number of amides is 2. The van der Waals surface area contributed by atoms with E-state index in [1.165, 1.54) is 24.3 Å². The van der Waals surface area contributed by atoms with Crippen LogP contribution >= 0.6 is 0 Å². The van der Waals surface area contributed by atoms with Crippen molar-refractivity contribution in [2.45, 2.75) is 13.3 Å². The van der Waals surface area contributed by atoms with Crippen LogP contribution in [-0.2, 0) is 11.2 Å². The first-order valence-electron chi connectivity index (χ1n) is 7.41. The summed E-state index contributed by atoms with van der Waals surface area (Å²) < 4.78 is 0. The van der Waals surface area contributed by atoms with Crippen molar-refractivity contribution >= 4 is 23.2 Å². The Morgan fingerprint density at radius 2 is 1.88 bits per heavy atom. The number of benzene rings is 2. The number of hydrogen-bond donors (Lipinski definition) is 2. The molecule has 124 valence electrons. The SMILES string of the molecule is CCc1ccccc1NC(=O)CNC(=O)c1cccc([N+](=O)[O-])c1. The van der Waals surface area contributed by atoms with E-state index in [2.05, 4.69) is 10.6 Å². The van der Waals surface area contributed by atoms with Gasteiger partial charge in [-0.25, -0.2) is 0 Å². The van der Waals surface area contributed by atoms with Gasteiger partial charge in [0.2, 0.25) is 5.91 Å². The van der Waals surface area contributed by atoms with E-state index in [4.69, 9.17) is 0 Å². The minimum absolute atomic E-state index is 0.131. The van der Waals surface area contributed by atoms with E-state index in [0.29, 0.717) is 5.69 Å². The fraction of sp³-hybridized carbons (Fsp3) is 0.176. The van der Waals surface area contributed by atoms with Crippen LogP contribution in [0.4, 0.5) is 11.4 Å². The second-order valence-corrected chi connectivity index (χ2v) is 5.05. The first-order valence-corrected chi connectivity index (χ1v) is 7.41. The molecule has 2 amide bonds. The number of non-ortho nitro benzene ring substituents is 1. The van der Waals surface area contributed by atoms with Crippen LogP contribution in [0.15, 0.2) is 48.5 Å². The van der Waals surface area contributed by atoms with Gasteiger partial charge in [0.1, 0.15) is 0 Å². The molecule has 0 spiro atoms. The number of nitrogens with zero attached hydrogens (tertiary/aromatic N) is 1. The number of nitrogens with one attached hydrogen (secondary N) is 2. The van der Waals surface area contributed by atoms with Gasteiger partial charge in [0, 0.05) is 23.4 Å². The first-order chi connectivity index (χ1) is 11.5. The summed E-state index contributed by atoms with van der Waals surface area (Å²) in [7, 11) is 0. The molecule has 0 radical (unpaired) electrons. The van der Waals surface area contributed by atoms with Crippen LogP contribution in [0.5, 0.6) is 0 Å². The van der Waals surface area contributed by atoms with Gasteiger partial charge in [-0.1, -0.05) is 31.2 Å². The average molecular weight is 327 g/mol. The minimum atomic E-state index is -0.578. The van der Waals surface area contributed by atoms with Crippen LogP contribution in [0.2, 0.25) is 0 Å². The lowest BCUT2D eigenvalue weighted by molar-refractivity contribution is -0.384. The third-order valence-electron chi connectivity index (χ3n) is 3.40. The van der Waals surface area contributed by atoms with Gasteiger partial charge >= 0.3 is 0 Å². The lowest BCUT2D eigenvalue weighted by atomic mass is 10.1. The summed E-state index contributed by atoms with van der Waals surface area (Å²) >= 11 is 0. The Kier molecular flexibility index (Phi) is 5.62. The summed E-state index contributed by atoms with van der Waals surface area (Å²) in [6.07, 6.45) is 0.774. The van der Waals surface area contributed by atoms with Crippen molar-refractivity contribution in [1.29, 1.82) is 0 Å². The molecule has 2 rings (SSSR count). The molecule has 0 saturated heterocycles. The molecule has 0 heterocycles. The highest BCUT2D eigenvalue weighted by Gasteiger charge is 2.13. The molecule has 0 aromatic heterocycles. The van der Waals surface area contributed by atoms with E-state index in [1.54, 1.807) is 6.07 Å². The van der Waals surface area contributed by atoms with Crippen LogP contribution in [-0.4, -0.2) is 23.3 Å². The lowest BCUT2D eigenvalue weighted by Crippen LogP contribution is -2.33. The number of nitro groups is 1. The highest BCUT2D eigenvalue weighted by molar-refractivity contribution is 5.99. The molecule has 7 heteroatoms.